The molecule has 0 spiro atoms. The summed E-state index contributed by atoms with van der Waals surface area (Å²) < 4.78 is 0. The summed E-state index contributed by atoms with van der Waals surface area (Å²) in [4.78, 5) is 19.0. The average Bonchev–Trinajstić information content (AvgIpc) is 2.48. The molecule has 0 atom stereocenters. The fraction of sp³-hybridized carbons (Fsp3) is 0.385. The number of anilines is 1. The Morgan fingerprint density at radius 1 is 1.05 bits per heavy atom. The topological polar surface area (TPSA) is 148 Å². The summed E-state index contributed by atoms with van der Waals surface area (Å²) in [7, 11) is 0. The number of nitrogens with zero attached hydrogens (tertiary/aromatic N) is 2. The van der Waals surface area contributed by atoms with Crippen molar-refractivity contribution in [3.05, 3.63) is 30.3 Å². The molecular formula is C13H21N3O6. The van der Waals surface area contributed by atoms with E-state index < -0.39 is 12.2 Å². The zero-order chi connectivity index (χ0) is 17.0. The Hall–Kier alpha value is -2.36. The van der Waals surface area contributed by atoms with E-state index in [0.717, 1.165) is 25.9 Å². The zero-order valence-electron chi connectivity index (χ0n) is 12.0. The first-order chi connectivity index (χ1) is 10.3. The molecule has 1 aliphatic rings. The highest BCUT2D eigenvalue weighted by atomic mass is 16.6. The van der Waals surface area contributed by atoms with Gasteiger partial charge in [-0.25, -0.2) is 9.59 Å². The number of hydrogen-bond acceptors (Lipinski definition) is 5. The summed E-state index contributed by atoms with van der Waals surface area (Å²) in [6, 6.07) is 8.00. The maximum Gasteiger partial charge on any atom is 0.436 e. The summed E-state index contributed by atoms with van der Waals surface area (Å²) in [5.41, 5.74) is 4.26. The molecule has 1 fully saturated rings. The van der Waals surface area contributed by atoms with Crippen LogP contribution in [0.3, 0.4) is 0 Å². The van der Waals surface area contributed by atoms with Crippen molar-refractivity contribution in [2.75, 3.05) is 18.2 Å². The highest BCUT2D eigenvalue weighted by Crippen LogP contribution is 2.09. The lowest BCUT2D eigenvalue weighted by Crippen LogP contribution is -2.25. The predicted molar refractivity (Wildman–Crippen MR) is 78.2 cm³/mol. The molecular weight excluding hydrogens is 294 g/mol. The van der Waals surface area contributed by atoms with Crippen LogP contribution in [0.15, 0.2) is 30.3 Å². The minimum absolute atomic E-state index is 0.167. The van der Waals surface area contributed by atoms with Gasteiger partial charge in [0.2, 0.25) is 0 Å². The molecule has 1 aromatic rings. The molecule has 0 radical (unpaired) electrons. The van der Waals surface area contributed by atoms with Crippen molar-refractivity contribution in [1.82, 2.24) is 5.06 Å². The summed E-state index contributed by atoms with van der Waals surface area (Å²) in [6.45, 7) is 1.75. The molecule has 9 heteroatoms. The highest BCUT2D eigenvalue weighted by molar-refractivity contribution is 5.82. The third kappa shape index (κ3) is 10.4. The van der Waals surface area contributed by atoms with Crippen LogP contribution in [0.1, 0.15) is 19.3 Å². The van der Waals surface area contributed by atoms with Crippen molar-refractivity contribution in [2.24, 2.45) is 5.73 Å². The first kappa shape index (κ1) is 19.6. The molecule has 0 aliphatic carbocycles. The summed E-state index contributed by atoms with van der Waals surface area (Å²) in [5, 5.41) is 34.6. The molecule has 9 nitrogen and oxygen atoms in total. The molecule has 2 rings (SSSR count). The van der Waals surface area contributed by atoms with E-state index in [2.05, 4.69) is 5.73 Å². The van der Waals surface area contributed by atoms with E-state index in [1.165, 1.54) is 23.6 Å². The van der Waals surface area contributed by atoms with Crippen molar-refractivity contribution in [3.63, 3.8) is 0 Å². The van der Waals surface area contributed by atoms with Gasteiger partial charge in [0, 0.05) is 13.1 Å². The van der Waals surface area contributed by atoms with E-state index in [1.807, 2.05) is 0 Å². The molecule has 124 valence electrons. The first-order valence-corrected chi connectivity index (χ1v) is 6.53. The smallest absolute Gasteiger partial charge is 0.436 e. The van der Waals surface area contributed by atoms with Crippen LogP contribution in [0.2, 0.25) is 0 Å². The quantitative estimate of drug-likeness (QED) is 0.393. The Labute approximate surface area is 127 Å². The third-order valence-corrected chi connectivity index (χ3v) is 2.51. The van der Waals surface area contributed by atoms with E-state index in [4.69, 9.17) is 25.4 Å². The summed E-state index contributed by atoms with van der Waals surface area (Å²) in [5.74, 6) is 0. The van der Waals surface area contributed by atoms with Gasteiger partial charge in [0.15, 0.2) is 0 Å². The lowest BCUT2D eigenvalue weighted by Gasteiger charge is -2.18. The van der Waals surface area contributed by atoms with Crippen LogP contribution >= 0.6 is 0 Å². The maximum atomic E-state index is 10.2. The Morgan fingerprint density at radius 2 is 1.50 bits per heavy atom. The number of carbonyl (C=O) groups is 2. The second-order valence-electron chi connectivity index (χ2n) is 4.28. The number of amides is 2. The summed E-state index contributed by atoms with van der Waals surface area (Å²) in [6.07, 6.45) is 0.889. The van der Waals surface area contributed by atoms with Crippen molar-refractivity contribution in [2.45, 2.75) is 19.3 Å². The van der Waals surface area contributed by atoms with Crippen LogP contribution in [-0.4, -0.2) is 51.0 Å². The number of benzene rings is 1. The first-order valence-electron chi connectivity index (χ1n) is 6.53. The van der Waals surface area contributed by atoms with Crippen molar-refractivity contribution in [3.8, 4) is 0 Å². The largest absolute Gasteiger partial charge is 0.465 e. The van der Waals surface area contributed by atoms with Crippen LogP contribution < -0.4 is 10.8 Å². The van der Waals surface area contributed by atoms with Gasteiger partial charge in [0.25, 0.3) is 0 Å². The van der Waals surface area contributed by atoms with Gasteiger partial charge in [0.1, 0.15) is 0 Å². The lowest BCUT2D eigenvalue weighted by atomic mass is 10.2. The average molecular weight is 315 g/mol. The minimum Gasteiger partial charge on any atom is -0.465 e. The SMILES string of the molecule is NC(=O)O.O=C(O)N(O)c1ccccc1.ON1CCCCC1. The predicted octanol–water partition coefficient (Wildman–Crippen LogP) is 2.04. The Kier molecular flexibility index (Phi) is 10.1. The second kappa shape index (κ2) is 11.3. The molecule has 0 unspecified atom stereocenters. The fourth-order valence-corrected chi connectivity index (χ4v) is 1.56. The van der Waals surface area contributed by atoms with Crippen molar-refractivity contribution in [1.29, 1.82) is 0 Å². The number of carboxylic acid groups (broad SMARTS) is 2. The normalized spacial score (nSPS) is 13.7. The number of piperidine rings is 1. The van der Waals surface area contributed by atoms with Crippen LogP contribution in [-0.2, 0) is 0 Å². The highest BCUT2D eigenvalue weighted by Gasteiger charge is 2.08. The van der Waals surface area contributed by atoms with E-state index >= 15 is 0 Å². The van der Waals surface area contributed by atoms with Gasteiger partial charge in [-0.3, -0.25) is 5.21 Å². The second-order valence-corrected chi connectivity index (χ2v) is 4.28. The van der Waals surface area contributed by atoms with Gasteiger partial charge in [0.05, 0.1) is 5.69 Å². The van der Waals surface area contributed by atoms with Gasteiger partial charge in [-0.15, -0.1) is 0 Å². The molecule has 0 aromatic heterocycles. The molecule has 6 N–H and O–H groups in total. The molecule has 1 aliphatic heterocycles. The van der Waals surface area contributed by atoms with Crippen LogP contribution in [0, 0.1) is 0 Å². The molecule has 2 amide bonds. The number of primary amides is 1. The Bertz CT molecular complexity index is 433. The number of para-hydroxylation sites is 1. The third-order valence-electron chi connectivity index (χ3n) is 2.51. The minimum atomic E-state index is -1.39. The van der Waals surface area contributed by atoms with Gasteiger partial charge in [-0.1, -0.05) is 24.6 Å². The van der Waals surface area contributed by atoms with Crippen LogP contribution in [0.4, 0.5) is 15.3 Å². The maximum absolute atomic E-state index is 10.2. The monoisotopic (exact) mass is 315 g/mol. The molecule has 22 heavy (non-hydrogen) atoms. The summed E-state index contributed by atoms with van der Waals surface area (Å²) >= 11 is 0. The van der Waals surface area contributed by atoms with Crippen molar-refractivity contribution < 1.29 is 30.2 Å². The Morgan fingerprint density at radius 3 is 1.82 bits per heavy atom. The molecule has 0 bridgehead atoms. The van der Waals surface area contributed by atoms with E-state index in [1.54, 1.807) is 18.2 Å². The lowest BCUT2D eigenvalue weighted by molar-refractivity contribution is -0.103. The van der Waals surface area contributed by atoms with E-state index in [0.29, 0.717) is 0 Å². The molecule has 1 aromatic carbocycles. The van der Waals surface area contributed by atoms with Crippen molar-refractivity contribution >= 4 is 17.9 Å². The molecule has 1 saturated heterocycles. The van der Waals surface area contributed by atoms with Crippen LogP contribution in [0.25, 0.3) is 0 Å². The number of hydrogen-bond donors (Lipinski definition) is 5. The van der Waals surface area contributed by atoms with E-state index in [9.17, 15) is 4.79 Å². The van der Waals surface area contributed by atoms with Gasteiger partial charge in [-0.05, 0) is 25.0 Å². The van der Waals surface area contributed by atoms with E-state index in [-0.39, 0.29) is 10.8 Å². The Balaban J connectivity index is 0.000000343. The van der Waals surface area contributed by atoms with Gasteiger partial charge in [-0.2, -0.15) is 10.1 Å². The number of rotatable bonds is 1. The van der Waals surface area contributed by atoms with Gasteiger partial charge < -0.3 is 21.2 Å². The fourth-order valence-electron chi connectivity index (χ4n) is 1.56. The number of nitrogens with two attached hydrogens (primary N) is 1. The molecule has 1 heterocycles. The van der Waals surface area contributed by atoms with Gasteiger partial charge >= 0.3 is 12.2 Å². The number of hydroxylamine groups is 3. The zero-order valence-corrected chi connectivity index (χ0v) is 12.0. The molecule has 0 saturated carbocycles. The van der Waals surface area contributed by atoms with Crippen LogP contribution in [0.5, 0.6) is 0 Å². The standard InChI is InChI=1S/C7H7NO3.C5H11NO.CH3NO2/c9-7(10)8(11)6-4-2-1-3-5-6;7-6-4-2-1-3-5-6;2-1(3)4/h1-5,11H,(H,9,10);7H,1-5H2;2H2,(H,3,4).